The molecule has 0 bridgehead atoms. The zero-order chi connectivity index (χ0) is 29.7. The summed E-state index contributed by atoms with van der Waals surface area (Å²) in [6.45, 7) is 11.2. The number of nitrogens with zero attached hydrogens (tertiary/aromatic N) is 1. The van der Waals surface area contributed by atoms with E-state index < -0.39 is 46.2 Å². The lowest BCUT2D eigenvalue weighted by Crippen LogP contribution is -2.66. The first-order chi connectivity index (χ1) is 18.4. The topological polar surface area (TPSA) is 87.0 Å². The van der Waals surface area contributed by atoms with Gasteiger partial charge in [-0.25, -0.2) is 0 Å². The summed E-state index contributed by atoms with van der Waals surface area (Å²) in [5, 5.41) is 12.0. The van der Waals surface area contributed by atoms with Gasteiger partial charge in [-0.05, 0) is 79.1 Å². The Bertz CT molecular complexity index is 1270. The summed E-state index contributed by atoms with van der Waals surface area (Å²) in [4.78, 5) is 40.9. The number of fused-ring (bicyclic) bond motifs is 7. The number of carbonyl (C=O) groups is 3. The van der Waals surface area contributed by atoms with Crippen LogP contribution >= 0.6 is 0 Å². The van der Waals surface area contributed by atoms with Crippen molar-refractivity contribution in [3.8, 4) is 6.07 Å². The van der Waals surface area contributed by atoms with E-state index in [2.05, 4.69) is 46.0 Å². The Hall–Kier alpha value is -2.43. The molecule has 3 fully saturated rings. The Morgan fingerprint density at radius 3 is 2.33 bits per heavy atom. The first kappa shape index (κ1) is 29.1. The highest BCUT2D eigenvalue weighted by Crippen LogP contribution is 2.73. The van der Waals surface area contributed by atoms with Crippen LogP contribution in [0.1, 0.15) is 86.5 Å². The van der Waals surface area contributed by atoms with Crippen molar-refractivity contribution in [2.75, 3.05) is 6.54 Å². The summed E-state index contributed by atoms with van der Waals surface area (Å²) in [6, 6.07) is 2.09. The SMILES string of the molecule is C[C@@H]1C(=O)C(C#N)=C[C@]2(C)C3=CC(=O)C4C5CC(C)(C)CC[C@]5(C(=O)NCC(F)(F)F)CC[C@@]4(C)[C@]3(C)CC[C@@H]12. The number of allylic oxidation sites excluding steroid dienone is 4. The fraction of sp³-hybridized carbons (Fsp3) is 0.750. The van der Waals surface area contributed by atoms with Gasteiger partial charge in [0.2, 0.25) is 5.91 Å². The van der Waals surface area contributed by atoms with E-state index in [9.17, 15) is 32.8 Å². The van der Waals surface area contributed by atoms with E-state index in [1.54, 1.807) is 12.2 Å². The number of alkyl halides is 3. The number of hydrogen-bond acceptors (Lipinski definition) is 4. The Labute approximate surface area is 235 Å². The van der Waals surface area contributed by atoms with Gasteiger partial charge >= 0.3 is 6.18 Å². The van der Waals surface area contributed by atoms with Crippen LogP contribution in [-0.4, -0.2) is 30.2 Å². The number of nitrogens with one attached hydrogen (secondary N) is 1. The number of rotatable bonds is 2. The van der Waals surface area contributed by atoms with Gasteiger partial charge in [-0.2, -0.15) is 18.4 Å². The Morgan fingerprint density at radius 1 is 1.05 bits per heavy atom. The first-order valence-corrected chi connectivity index (χ1v) is 14.6. The predicted octanol–water partition coefficient (Wildman–Crippen LogP) is 6.49. The molecular weight excluding hydrogens is 517 g/mol. The molecule has 0 aromatic heterocycles. The molecule has 0 heterocycles. The lowest BCUT2D eigenvalue weighted by Gasteiger charge is -2.68. The van der Waals surface area contributed by atoms with E-state index in [1.165, 1.54) is 0 Å². The van der Waals surface area contributed by atoms with Gasteiger partial charge in [0, 0.05) is 17.3 Å². The average Bonchev–Trinajstić information content (AvgIpc) is 2.85. The highest BCUT2D eigenvalue weighted by Gasteiger charge is 2.70. The van der Waals surface area contributed by atoms with Crippen LogP contribution in [0.25, 0.3) is 0 Å². The molecular formula is C32H41F3N2O3. The molecule has 5 aliphatic carbocycles. The minimum Gasteiger partial charge on any atom is -0.346 e. The molecule has 5 aliphatic rings. The summed E-state index contributed by atoms with van der Waals surface area (Å²) >= 11 is 0. The molecule has 8 atom stereocenters. The molecule has 0 aromatic carbocycles. The minimum absolute atomic E-state index is 0.0196. The van der Waals surface area contributed by atoms with Gasteiger partial charge in [0.25, 0.3) is 0 Å². The molecule has 0 aromatic rings. The van der Waals surface area contributed by atoms with Crippen LogP contribution in [0.15, 0.2) is 23.3 Å². The van der Waals surface area contributed by atoms with E-state index in [4.69, 9.17) is 0 Å². The van der Waals surface area contributed by atoms with Crippen LogP contribution < -0.4 is 5.32 Å². The van der Waals surface area contributed by atoms with Crippen LogP contribution in [0.4, 0.5) is 13.2 Å². The van der Waals surface area contributed by atoms with E-state index in [0.29, 0.717) is 32.1 Å². The molecule has 1 N–H and O–H groups in total. The van der Waals surface area contributed by atoms with Crippen LogP contribution in [0, 0.1) is 62.1 Å². The Kier molecular flexibility index (Phi) is 6.39. The van der Waals surface area contributed by atoms with Gasteiger partial charge in [0.05, 0.1) is 11.0 Å². The molecule has 3 saturated carbocycles. The highest BCUT2D eigenvalue weighted by molar-refractivity contribution is 6.02. The number of Topliss-reactive ketones (excluding diaryl/α,β-unsaturated/α-hetero) is 1. The van der Waals surface area contributed by atoms with Crippen molar-refractivity contribution < 1.29 is 27.6 Å². The summed E-state index contributed by atoms with van der Waals surface area (Å²) in [5.74, 6) is -1.99. The maximum atomic E-state index is 14.4. The van der Waals surface area contributed by atoms with Crippen molar-refractivity contribution in [2.45, 2.75) is 92.7 Å². The molecule has 5 nitrogen and oxygen atoms in total. The largest absolute Gasteiger partial charge is 0.405 e. The molecule has 2 unspecified atom stereocenters. The van der Waals surface area contributed by atoms with E-state index >= 15 is 0 Å². The lowest BCUT2D eigenvalue weighted by atomic mass is 9.34. The van der Waals surface area contributed by atoms with Gasteiger partial charge in [-0.15, -0.1) is 0 Å². The van der Waals surface area contributed by atoms with E-state index in [-0.39, 0.29) is 40.3 Å². The molecule has 1 amide bonds. The second-order valence-electron chi connectivity index (χ2n) is 14.9. The number of halogens is 3. The van der Waals surface area contributed by atoms with Crippen LogP contribution in [-0.2, 0) is 14.4 Å². The zero-order valence-corrected chi connectivity index (χ0v) is 24.4. The second-order valence-corrected chi connectivity index (χ2v) is 14.9. The van der Waals surface area contributed by atoms with Crippen LogP contribution in [0.5, 0.6) is 0 Å². The summed E-state index contributed by atoms with van der Waals surface area (Å²) in [5.41, 5.74) is -1.60. The van der Waals surface area contributed by atoms with Crippen molar-refractivity contribution >= 4 is 17.5 Å². The Morgan fingerprint density at radius 2 is 1.70 bits per heavy atom. The smallest absolute Gasteiger partial charge is 0.346 e. The Balaban J connectivity index is 1.63. The molecule has 0 saturated heterocycles. The molecule has 40 heavy (non-hydrogen) atoms. The van der Waals surface area contributed by atoms with Gasteiger partial charge < -0.3 is 5.32 Å². The molecule has 0 aliphatic heterocycles. The van der Waals surface area contributed by atoms with Crippen LogP contribution in [0.3, 0.4) is 0 Å². The van der Waals surface area contributed by atoms with Crippen LogP contribution in [0.2, 0.25) is 0 Å². The van der Waals surface area contributed by atoms with Gasteiger partial charge in [0.1, 0.15) is 12.6 Å². The third-order valence-electron chi connectivity index (χ3n) is 12.4. The standard InChI is InChI=1S/C32H41F3N2O3/c1-18-20-7-8-29(5)23(28(20,4)14-19(16-36)25(18)39)13-22(38)24-21-15-27(2,3)9-11-31(21,12-10-30(24,29)6)26(40)37-17-32(33,34)35/h13-14,18,20-21,24H,7-12,15,17H2,1-6H3,(H,37,40)/t18-,20-,21?,24?,28-,29+,30+,31-/m0/s1. The number of nitriles is 1. The van der Waals surface area contributed by atoms with E-state index in [0.717, 1.165) is 18.4 Å². The fourth-order valence-electron chi connectivity index (χ4n) is 10.0. The number of carbonyl (C=O) groups excluding carboxylic acids is 3. The quantitative estimate of drug-likeness (QED) is 0.420. The maximum absolute atomic E-state index is 14.4. The highest BCUT2D eigenvalue weighted by atomic mass is 19.4. The maximum Gasteiger partial charge on any atom is 0.405 e. The number of ketones is 2. The van der Waals surface area contributed by atoms with Crippen molar-refractivity contribution in [2.24, 2.45) is 50.7 Å². The number of amides is 1. The third-order valence-corrected chi connectivity index (χ3v) is 12.4. The predicted molar refractivity (Wildman–Crippen MR) is 143 cm³/mol. The van der Waals surface area contributed by atoms with Gasteiger partial charge in [-0.1, -0.05) is 53.2 Å². The summed E-state index contributed by atoms with van der Waals surface area (Å²) in [7, 11) is 0. The van der Waals surface area contributed by atoms with Gasteiger partial charge in [0.15, 0.2) is 11.6 Å². The zero-order valence-electron chi connectivity index (χ0n) is 24.4. The van der Waals surface area contributed by atoms with Crippen molar-refractivity contribution in [1.82, 2.24) is 5.32 Å². The van der Waals surface area contributed by atoms with Crippen molar-refractivity contribution in [3.05, 3.63) is 23.3 Å². The average molecular weight is 559 g/mol. The third kappa shape index (κ3) is 3.89. The number of hydrogen-bond donors (Lipinski definition) is 1. The van der Waals surface area contributed by atoms with Gasteiger partial charge in [-0.3, -0.25) is 14.4 Å². The molecule has 218 valence electrons. The second kappa shape index (κ2) is 8.79. The van der Waals surface area contributed by atoms with Crippen molar-refractivity contribution in [1.29, 1.82) is 5.26 Å². The monoisotopic (exact) mass is 558 g/mol. The lowest BCUT2D eigenvalue weighted by molar-refractivity contribution is -0.180. The molecule has 0 radical (unpaired) electrons. The fourth-order valence-corrected chi connectivity index (χ4v) is 10.0. The minimum atomic E-state index is -4.51. The normalized spacial score (nSPS) is 44.1. The summed E-state index contributed by atoms with van der Waals surface area (Å²) < 4.78 is 39.3. The first-order valence-electron chi connectivity index (χ1n) is 14.6. The summed E-state index contributed by atoms with van der Waals surface area (Å²) in [6.07, 6.45) is 3.36. The molecule has 5 rings (SSSR count). The molecule has 8 heteroatoms. The van der Waals surface area contributed by atoms with E-state index in [1.807, 2.05) is 6.92 Å². The van der Waals surface area contributed by atoms with Crippen molar-refractivity contribution in [3.63, 3.8) is 0 Å². The molecule has 0 spiro atoms.